The van der Waals surface area contributed by atoms with Crippen molar-refractivity contribution in [3.63, 3.8) is 0 Å². The molecule has 1 saturated carbocycles. The molecule has 0 aromatic heterocycles. The minimum atomic E-state index is 0.632. The fraction of sp³-hybridized carbons (Fsp3) is 0.571. The summed E-state index contributed by atoms with van der Waals surface area (Å²) in [4.78, 5) is 0. The first-order chi connectivity index (χ1) is 8.76. The van der Waals surface area contributed by atoms with Crippen LogP contribution in [-0.2, 0) is 4.74 Å². The lowest BCUT2D eigenvalue weighted by atomic mass is 10.1. The highest BCUT2D eigenvalue weighted by Gasteiger charge is 2.39. The Bertz CT molecular complexity index is 397. The lowest BCUT2D eigenvalue weighted by Crippen LogP contribution is -2.21. The second-order valence-corrected chi connectivity index (χ2v) is 5.60. The van der Waals surface area contributed by atoms with Crippen molar-refractivity contribution in [3.8, 4) is 5.75 Å². The molecule has 0 radical (unpaired) electrons. The molecule has 0 spiro atoms. The highest BCUT2D eigenvalue weighted by molar-refractivity contribution is 9.10. The smallest absolute Gasteiger partial charge is 0.122 e. The number of benzene rings is 1. The maximum atomic E-state index is 5.43. The van der Waals surface area contributed by atoms with Crippen LogP contribution >= 0.6 is 15.9 Å². The van der Waals surface area contributed by atoms with Gasteiger partial charge in [-0.2, -0.15) is 0 Å². The Kier molecular flexibility index (Phi) is 5.03. The zero-order valence-electron chi connectivity index (χ0n) is 10.9. The molecule has 0 aliphatic heterocycles. The van der Waals surface area contributed by atoms with Gasteiger partial charge in [-0.1, -0.05) is 15.9 Å². The fourth-order valence-corrected chi connectivity index (χ4v) is 2.69. The maximum absolute atomic E-state index is 5.43. The van der Waals surface area contributed by atoms with Gasteiger partial charge in [-0.25, -0.2) is 0 Å². The zero-order chi connectivity index (χ0) is 13.0. The number of halogens is 1. The van der Waals surface area contributed by atoms with Gasteiger partial charge in [-0.05, 0) is 48.6 Å². The number of methoxy groups -OCH3 is 2. The van der Waals surface area contributed by atoms with Gasteiger partial charge in [0.2, 0.25) is 0 Å². The van der Waals surface area contributed by atoms with Gasteiger partial charge in [0.1, 0.15) is 5.75 Å². The summed E-state index contributed by atoms with van der Waals surface area (Å²) < 4.78 is 11.6. The first-order valence-corrected chi connectivity index (χ1v) is 7.08. The van der Waals surface area contributed by atoms with Crippen LogP contribution < -0.4 is 10.1 Å². The van der Waals surface area contributed by atoms with Gasteiger partial charge < -0.3 is 14.8 Å². The van der Waals surface area contributed by atoms with Crippen molar-refractivity contribution in [2.75, 3.05) is 33.9 Å². The van der Waals surface area contributed by atoms with E-state index in [9.17, 15) is 0 Å². The van der Waals surface area contributed by atoms with Crippen molar-refractivity contribution < 1.29 is 9.47 Å². The molecule has 1 aromatic carbocycles. The van der Waals surface area contributed by atoms with Crippen molar-refractivity contribution in [1.82, 2.24) is 5.32 Å². The standard InChI is InChI=1S/C14H20BrNO2/c1-17-6-5-16-9-10-7-12(10)13-8-11(15)3-4-14(13)18-2/h3-4,8,10,12,16H,5-7,9H2,1-2H3. The maximum Gasteiger partial charge on any atom is 0.122 e. The zero-order valence-corrected chi connectivity index (χ0v) is 12.5. The van der Waals surface area contributed by atoms with E-state index in [-0.39, 0.29) is 0 Å². The van der Waals surface area contributed by atoms with E-state index in [4.69, 9.17) is 9.47 Å². The average Bonchev–Trinajstić information content (AvgIpc) is 3.14. The van der Waals surface area contributed by atoms with E-state index in [0.717, 1.165) is 35.8 Å². The van der Waals surface area contributed by atoms with Crippen LogP contribution in [0.5, 0.6) is 5.75 Å². The summed E-state index contributed by atoms with van der Waals surface area (Å²) >= 11 is 3.53. The Hall–Kier alpha value is -0.580. The van der Waals surface area contributed by atoms with Gasteiger partial charge >= 0.3 is 0 Å². The van der Waals surface area contributed by atoms with E-state index in [1.165, 1.54) is 12.0 Å². The Morgan fingerprint density at radius 1 is 1.39 bits per heavy atom. The van der Waals surface area contributed by atoms with E-state index in [2.05, 4.69) is 27.3 Å². The van der Waals surface area contributed by atoms with E-state index < -0.39 is 0 Å². The molecular formula is C14H20BrNO2. The second kappa shape index (κ2) is 6.55. The topological polar surface area (TPSA) is 30.5 Å². The van der Waals surface area contributed by atoms with Crippen LogP contribution in [0.4, 0.5) is 0 Å². The average molecular weight is 314 g/mol. The van der Waals surface area contributed by atoms with Gasteiger partial charge in [0.15, 0.2) is 0 Å². The van der Waals surface area contributed by atoms with Crippen LogP contribution in [-0.4, -0.2) is 33.9 Å². The Morgan fingerprint density at radius 3 is 2.94 bits per heavy atom. The lowest BCUT2D eigenvalue weighted by Gasteiger charge is -2.09. The van der Waals surface area contributed by atoms with Gasteiger partial charge in [0.25, 0.3) is 0 Å². The predicted molar refractivity (Wildman–Crippen MR) is 76.3 cm³/mol. The Labute approximate surface area is 117 Å². The number of hydrogen-bond acceptors (Lipinski definition) is 3. The lowest BCUT2D eigenvalue weighted by molar-refractivity contribution is 0.199. The summed E-state index contributed by atoms with van der Waals surface area (Å²) in [6.45, 7) is 2.76. The summed E-state index contributed by atoms with van der Waals surface area (Å²) in [5.74, 6) is 2.36. The normalized spacial score (nSPS) is 21.9. The van der Waals surface area contributed by atoms with Crippen LogP contribution in [0.15, 0.2) is 22.7 Å². The van der Waals surface area contributed by atoms with Crippen LogP contribution in [0.1, 0.15) is 17.9 Å². The summed E-state index contributed by atoms with van der Waals surface area (Å²) in [5, 5.41) is 3.42. The third-order valence-corrected chi connectivity index (χ3v) is 3.90. The molecule has 18 heavy (non-hydrogen) atoms. The third kappa shape index (κ3) is 3.46. The molecule has 100 valence electrons. The first-order valence-electron chi connectivity index (χ1n) is 6.29. The summed E-state index contributed by atoms with van der Waals surface area (Å²) in [6, 6.07) is 6.24. The number of nitrogens with one attached hydrogen (secondary N) is 1. The Balaban J connectivity index is 1.88. The van der Waals surface area contributed by atoms with E-state index in [0.29, 0.717) is 5.92 Å². The fourth-order valence-electron chi connectivity index (χ4n) is 2.31. The monoisotopic (exact) mass is 313 g/mol. The number of rotatable bonds is 7. The van der Waals surface area contributed by atoms with Gasteiger partial charge in [0.05, 0.1) is 13.7 Å². The molecule has 1 N–H and O–H groups in total. The van der Waals surface area contributed by atoms with Crippen molar-refractivity contribution in [1.29, 1.82) is 0 Å². The van der Waals surface area contributed by atoms with Gasteiger partial charge in [0, 0.05) is 18.1 Å². The molecule has 1 aliphatic rings. The van der Waals surface area contributed by atoms with Crippen LogP contribution in [0.3, 0.4) is 0 Å². The van der Waals surface area contributed by atoms with Gasteiger partial charge in [-0.15, -0.1) is 0 Å². The molecule has 2 atom stereocenters. The van der Waals surface area contributed by atoms with Gasteiger partial charge in [-0.3, -0.25) is 0 Å². The highest BCUT2D eigenvalue weighted by atomic mass is 79.9. The van der Waals surface area contributed by atoms with Crippen molar-refractivity contribution >= 4 is 15.9 Å². The Morgan fingerprint density at radius 2 is 2.22 bits per heavy atom. The van der Waals surface area contributed by atoms with Crippen molar-refractivity contribution in [2.45, 2.75) is 12.3 Å². The molecular weight excluding hydrogens is 294 g/mol. The van der Waals surface area contributed by atoms with Crippen LogP contribution in [0.25, 0.3) is 0 Å². The first kappa shape index (κ1) is 13.8. The minimum absolute atomic E-state index is 0.632. The molecule has 2 unspecified atom stereocenters. The molecule has 0 heterocycles. The van der Waals surface area contributed by atoms with E-state index >= 15 is 0 Å². The predicted octanol–water partition coefficient (Wildman–Crippen LogP) is 2.80. The van der Waals surface area contributed by atoms with Crippen LogP contribution in [0, 0.1) is 5.92 Å². The quantitative estimate of drug-likeness (QED) is 0.785. The molecule has 3 nitrogen and oxygen atoms in total. The molecule has 1 aromatic rings. The van der Waals surface area contributed by atoms with Crippen molar-refractivity contribution in [3.05, 3.63) is 28.2 Å². The SMILES string of the molecule is COCCNCC1CC1c1cc(Br)ccc1OC. The third-order valence-electron chi connectivity index (χ3n) is 3.40. The number of hydrogen-bond donors (Lipinski definition) is 1. The molecule has 0 saturated heterocycles. The van der Waals surface area contributed by atoms with E-state index in [1.54, 1.807) is 14.2 Å². The molecule has 4 heteroatoms. The largest absolute Gasteiger partial charge is 0.496 e. The van der Waals surface area contributed by atoms with Crippen molar-refractivity contribution in [2.24, 2.45) is 5.92 Å². The second-order valence-electron chi connectivity index (χ2n) is 4.69. The molecule has 0 amide bonds. The summed E-state index contributed by atoms with van der Waals surface area (Å²) in [7, 11) is 3.47. The highest BCUT2D eigenvalue weighted by Crippen LogP contribution is 2.50. The van der Waals surface area contributed by atoms with E-state index in [1.807, 2.05) is 12.1 Å². The summed E-state index contributed by atoms with van der Waals surface area (Å²) in [6.07, 6.45) is 1.24. The minimum Gasteiger partial charge on any atom is -0.496 e. The molecule has 1 fully saturated rings. The molecule has 0 bridgehead atoms. The molecule has 1 aliphatic carbocycles. The van der Waals surface area contributed by atoms with Crippen LogP contribution in [0.2, 0.25) is 0 Å². The molecule has 2 rings (SSSR count). The summed E-state index contributed by atoms with van der Waals surface area (Å²) in [5.41, 5.74) is 1.32. The number of ether oxygens (including phenoxy) is 2.